The zero-order valence-corrected chi connectivity index (χ0v) is 28.8. The van der Waals surface area contributed by atoms with E-state index in [2.05, 4.69) is 77.1 Å². The van der Waals surface area contributed by atoms with Crippen LogP contribution in [0.5, 0.6) is 0 Å². The van der Waals surface area contributed by atoms with Crippen molar-refractivity contribution in [2.45, 2.75) is 90.6 Å². The third-order valence-electron chi connectivity index (χ3n) is 9.14. The number of nitrogens with zero attached hydrogens (tertiary/aromatic N) is 6. The van der Waals surface area contributed by atoms with E-state index in [1.54, 1.807) is 13.3 Å². The Morgan fingerprint density at radius 3 is 2.59 bits per heavy atom. The van der Waals surface area contributed by atoms with Crippen molar-refractivity contribution >= 4 is 39.4 Å². The van der Waals surface area contributed by atoms with E-state index in [1.807, 2.05) is 34.6 Å². The maximum Gasteiger partial charge on any atom is 0.329 e. The lowest BCUT2D eigenvalue weighted by Gasteiger charge is -2.39. The molecule has 1 atom stereocenters. The van der Waals surface area contributed by atoms with E-state index in [0.717, 1.165) is 41.7 Å². The second-order valence-corrected chi connectivity index (χ2v) is 18.9. The summed E-state index contributed by atoms with van der Waals surface area (Å²) in [6, 6.07) is 10.1. The number of methoxy groups -OCH3 is 1. The molecule has 1 radical (unpaired) electrons. The fourth-order valence-corrected chi connectivity index (χ4v) is 6.14. The average Bonchev–Trinajstić information content (AvgIpc) is 3.46. The van der Waals surface area contributed by atoms with Gasteiger partial charge in [0.05, 0.1) is 16.9 Å². The third-order valence-corrected chi connectivity index (χ3v) is 13.6. The molecular weight excluding hydrogens is 569 g/mol. The molecule has 2 aromatic heterocycles. The van der Waals surface area contributed by atoms with Gasteiger partial charge in [-0.05, 0) is 69.1 Å². The second-order valence-electron chi connectivity index (χ2n) is 14.1. The quantitative estimate of drug-likeness (QED) is 0.194. The second kappa shape index (κ2) is 12.5. The number of aromatic nitrogens is 4. The fourth-order valence-electron chi connectivity index (χ4n) is 5.03. The number of ether oxygens (including phenoxy) is 1. The minimum absolute atomic E-state index is 0.0539. The molecule has 3 heterocycles. The lowest BCUT2D eigenvalue weighted by atomic mass is 9.83. The maximum atomic E-state index is 11.6. The zero-order valence-electron chi connectivity index (χ0n) is 27.8. The van der Waals surface area contributed by atoms with Crippen molar-refractivity contribution in [1.29, 1.82) is 5.26 Å². The van der Waals surface area contributed by atoms with Crippen LogP contribution in [-0.2, 0) is 25.9 Å². The molecule has 0 spiro atoms. The van der Waals surface area contributed by atoms with E-state index in [0.29, 0.717) is 36.2 Å². The van der Waals surface area contributed by atoms with Crippen LogP contribution in [0.15, 0.2) is 30.5 Å². The predicted molar refractivity (Wildman–Crippen MR) is 178 cm³/mol. The molecule has 233 valence electrons. The van der Waals surface area contributed by atoms with E-state index in [4.69, 9.17) is 19.2 Å². The SMILES string of the molecule is COC(C)(C)CCn1nc(Nc2nccc(-c3cc(C#N)c4c(c3)[C@@](C)(CO[Si](C)(C)C(C)(C)C)CN4[B]C=O)n2)cc1C. The molecule has 1 N–H and O–H groups in total. The van der Waals surface area contributed by atoms with Crippen LogP contribution in [0.25, 0.3) is 11.3 Å². The summed E-state index contributed by atoms with van der Waals surface area (Å²) in [6.07, 6.45) is 3.28. The largest absolute Gasteiger partial charge is 0.416 e. The zero-order chi connectivity index (χ0) is 32.5. The highest BCUT2D eigenvalue weighted by atomic mass is 28.4. The number of fused-ring (bicyclic) bond motifs is 1. The normalized spacial score (nSPS) is 16.9. The highest BCUT2D eigenvalue weighted by Gasteiger charge is 2.44. The van der Waals surface area contributed by atoms with E-state index in [1.165, 1.54) is 7.41 Å². The predicted octanol–water partition coefficient (Wildman–Crippen LogP) is 5.99. The first kappa shape index (κ1) is 33.4. The summed E-state index contributed by atoms with van der Waals surface area (Å²) in [5.41, 5.74) is 3.99. The Kier molecular flexibility index (Phi) is 9.45. The van der Waals surface area contributed by atoms with Gasteiger partial charge in [-0.3, -0.25) is 4.68 Å². The molecule has 0 unspecified atom stereocenters. The smallest absolute Gasteiger partial charge is 0.329 e. The average molecular weight is 615 g/mol. The number of hydrogen-bond acceptors (Lipinski definition) is 9. The third kappa shape index (κ3) is 7.06. The van der Waals surface area contributed by atoms with Crippen molar-refractivity contribution in [3.63, 3.8) is 0 Å². The number of anilines is 3. The number of rotatable bonds is 12. The molecule has 0 bridgehead atoms. The monoisotopic (exact) mass is 614 g/mol. The first-order valence-corrected chi connectivity index (χ1v) is 17.9. The molecule has 0 aliphatic carbocycles. The van der Waals surface area contributed by atoms with Crippen LogP contribution in [0.4, 0.5) is 17.5 Å². The fraction of sp³-hybridized carbons (Fsp3) is 0.531. The summed E-state index contributed by atoms with van der Waals surface area (Å²) in [5, 5.41) is 18.2. The maximum absolute atomic E-state index is 11.6. The van der Waals surface area contributed by atoms with E-state index >= 15 is 0 Å². The Hall–Kier alpha value is -3.53. The van der Waals surface area contributed by atoms with Crippen molar-refractivity contribution < 1.29 is 14.0 Å². The molecule has 0 amide bonds. The van der Waals surface area contributed by atoms with Gasteiger partial charge in [0.15, 0.2) is 14.1 Å². The van der Waals surface area contributed by atoms with Crippen molar-refractivity contribution in [2.24, 2.45) is 0 Å². The van der Waals surface area contributed by atoms with E-state index in [-0.39, 0.29) is 10.6 Å². The van der Waals surface area contributed by atoms with Crippen LogP contribution in [0.2, 0.25) is 18.1 Å². The van der Waals surface area contributed by atoms with Crippen molar-refractivity contribution in [3.8, 4) is 17.3 Å². The van der Waals surface area contributed by atoms with Gasteiger partial charge < -0.3 is 24.1 Å². The molecule has 1 aromatic carbocycles. The van der Waals surface area contributed by atoms with Crippen molar-refractivity contribution in [3.05, 3.63) is 47.3 Å². The lowest BCUT2D eigenvalue weighted by Crippen LogP contribution is -2.46. The first-order valence-electron chi connectivity index (χ1n) is 15.0. The minimum Gasteiger partial charge on any atom is -0.416 e. The summed E-state index contributed by atoms with van der Waals surface area (Å²) in [5.74, 6) is 1.06. The van der Waals surface area contributed by atoms with Crippen molar-refractivity contribution in [1.82, 2.24) is 19.7 Å². The van der Waals surface area contributed by atoms with Gasteiger partial charge in [-0.15, -0.1) is 0 Å². The van der Waals surface area contributed by atoms with Gasteiger partial charge in [-0.25, -0.2) is 9.97 Å². The summed E-state index contributed by atoms with van der Waals surface area (Å²) >= 11 is 0. The highest BCUT2D eigenvalue weighted by molar-refractivity contribution is 6.74. The van der Waals surface area contributed by atoms with Gasteiger partial charge >= 0.3 is 7.41 Å². The summed E-state index contributed by atoms with van der Waals surface area (Å²) in [7, 11) is 1.17. The summed E-state index contributed by atoms with van der Waals surface area (Å²) in [4.78, 5) is 22.7. The Bertz CT molecular complexity index is 1560. The van der Waals surface area contributed by atoms with Gasteiger partial charge in [0.2, 0.25) is 5.95 Å². The molecule has 0 saturated carbocycles. The molecule has 4 rings (SSSR count). The number of benzene rings is 1. The van der Waals surface area contributed by atoms with Crippen LogP contribution >= 0.6 is 0 Å². The van der Waals surface area contributed by atoms with Crippen LogP contribution in [-0.4, -0.2) is 67.5 Å². The van der Waals surface area contributed by atoms with Crippen molar-refractivity contribution in [2.75, 3.05) is 30.4 Å². The summed E-state index contributed by atoms with van der Waals surface area (Å²) in [6.45, 7) is 21.1. The summed E-state index contributed by atoms with van der Waals surface area (Å²) < 4.78 is 14.2. The number of hydrogen-bond donors (Lipinski definition) is 1. The molecule has 1 aliphatic heterocycles. The number of carbonyl (C=O) groups is 1. The molecule has 1 aliphatic rings. The topological polar surface area (TPSA) is 118 Å². The Balaban J connectivity index is 1.66. The Labute approximate surface area is 263 Å². The minimum atomic E-state index is -2.05. The number of nitrogens with one attached hydrogen (secondary N) is 1. The van der Waals surface area contributed by atoms with Crippen LogP contribution in [0.3, 0.4) is 0 Å². The highest BCUT2D eigenvalue weighted by Crippen LogP contribution is 2.46. The molecule has 12 heteroatoms. The van der Waals surface area contributed by atoms with Gasteiger partial charge in [0, 0.05) is 61.4 Å². The molecule has 0 saturated heterocycles. The van der Waals surface area contributed by atoms with Gasteiger partial charge in [0.25, 0.3) is 0 Å². The first-order chi connectivity index (χ1) is 20.5. The molecule has 44 heavy (non-hydrogen) atoms. The van der Waals surface area contributed by atoms with E-state index in [9.17, 15) is 10.1 Å². The Morgan fingerprint density at radius 2 is 1.95 bits per heavy atom. The Morgan fingerprint density at radius 1 is 1.23 bits per heavy atom. The van der Waals surface area contributed by atoms with Crippen LogP contribution in [0.1, 0.15) is 64.8 Å². The molecular formula is C32H45BN7O3Si. The number of carbonyl (C=O) groups excluding carboxylic acids is 1. The van der Waals surface area contributed by atoms with E-state index < -0.39 is 13.7 Å². The van der Waals surface area contributed by atoms with Gasteiger partial charge in [-0.2, -0.15) is 10.4 Å². The number of aryl methyl sites for hydroxylation is 2. The molecule has 10 nitrogen and oxygen atoms in total. The molecule has 3 aromatic rings. The number of nitriles is 1. The van der Waals surface area contributed by atoms with Gasteiger partial charge in [0.1, 0.15) is 12.3 Å². The standard InChI is InChI=1S/C32H45BN7O3Si/c1-22-15-27(38-40(22)14-12-31(5,6)42-8)37-29-35-13-11-26(36-29)23-16-24(18-34)28-25(17-23)32(7,19-39(28)33-21-41)20-43-44(9,10)30(2,3)4/h11,13,15-17,21H,12,14,19-20H2,1-10H3,(H,35,36,37,38)/t32-/m1/s1. The van der Waals surface area contributed by atoms with Crippen LogP contribution < -0.4 is 10.1 Å². The lowest BCUT2D eigenvalue weighted by molar-refractivity contribution is 0.0112. The molecule has 0 fully saturated rings. The van der Waals surface area contributed by atoms with Gasteiger partial charge in [-0.1, -0.05) is 27.7 Å². The van der Waals surface area contributed by atoms with Crippen LogP contribution in [0, 0.1) is 18.3 Å².